The van der Waals surface area contributed by atoms with Gasteiger partial charge in [-0.05, 0) is 42.0 Å². The van der Waals surface area contributed by atoms with Crippen molar-refractivity contribution in [1.82, 2.24) is 0 Å². The van der Waals surface area contributed by atoms with Crippen molar-refractivity contribution in [2.24, 2.45) is 0 Å². The fourth-order valence-electron chi connectivity index (χ4n) is 3.84. The Bertz CT molecular complexity index is 1440. The van der Waals surface area contributed by atoms with Gasteiger partial charge in [0.1, 0.15) is 24.7 Å². The van der Waals surface area contributed by atoms with Crippen molar-refractivity contribution in [2.75, 3.05) is 32.2 Å². The van der Waals surface area contributed by atoms with Crippen LogP contribution in [0.3, 0.4) is 0 Å². The summed E-state index contributed by atoms with van der Waals surface area (Å²) in [6.07, 6.45) is 0. The molecule has 35 heavy (non-hydrogen) atoms. The van der Waals surface area contributed by atoms with E-state index in [4.69, 9.17) is 14.2 Å². The molecule has 3 aromatic carbocycles. The monoisotopic (exact) mass is 469 g/mol. The molecule has 0 saturated heterocycles. The summed E-state index contributed by atoms with van der Waals surface area (Å²) in [6, 6.07) is 19.0. The quantitative estimate of drug-likeness (QED) is 0.233. The molecule has 6 nitrogen and oxygen atoms in total. The van der Waals surface area contributed by atoms with Crippen LogP contribution >= 0.6 is 0 Å². The van der Waals surface area contributed by atoms with Crippen LogP contribution in [0.4, 0.5) is 5.69 Å². The molecule has 1 heterocycles. The highest BCUT2D eigenvalue weighted by Crippen LogP contribution is 2.39. The Labute approximate surface area is 204 Å². The van der Waals surface area contributed by atoms with Gasteiger partial charge in [0.15, 0.2) is 0 Å². The van der Waals surface area contributed by atoms with Gasteiger partial charge in [-0.1, -0.05) is 43.5 Å². The summed E-state index contributed by atoms with van der Waals surface area (Å²) < 4.78 is 16.7. The van der Waals surface area contributed by atoms with Gasteiger partial charge in [0.05, 0.1) is 5.56 Å². The van der Waals surface area contributed by atoms with E-state index >= 15 is 0 Å². The Kier molecular flexibility index (Phi) is 6.73. The van der Waals surface area contributed by atoms with Crippen molar-refractivity contribution in [3.63, 3.8) is 0 Å². The molecule has 4 rings (SSSR count). The minimum Gasteiger partial charge on any atom is -0.459 e. The van der Waals surface area contributed by atoms with E-state index in [-0.39, 0.29) is 18.8 Å². The Morgan fingerprint density at radius 1 is 0.914 bits per heavy atom. The standard InChI is InChI=1S/C29H27NO5/c1-18(2)28(31)33-14-15-34-29(32)22-9-7-6-8-21(22)27-23-12-10-19(3)16-25(23)35-26-17-20(30(4)5)11-13-24(26)27/h6-13,16-17H,1,3,14-15H2,2,4-5H3. The lowest BCUT2D eigenvalue weighted by Crippen LogP contribution is -2.21. The van der Waals surface area contributed by atoms with Crippen LogP contribution in [0.25, 0.3) is 12.2 Å². The van der Waals surface area contributed by atoms with Crippen LogP contribution in [0.15, 0.2) is 72.8 Å². The number of anilines is 1. The molecular formula is C29H27NO5. The molecular weight excluding hydrogens is 442 g/mol. The lowest BCUT2D eigenvalue weighted by Gasteiger charge is -2.24. The normalized spacial score (nSPS) is 11.6. The Balaban J connectivity index is 1.76. The Morgan fingerprint density at radius 2 is 1.66 bits per heavy atom. The van der Waals surface area contributed by atoms with Gasteiger partial charge in [-0.15, -0.1) is 0 Å². The van der Waals surface area contributed by atoms with Gasteiger partial charge in [0.25, 0.3) is 0 Å². The second-order valence-corrected chi connectivity index (χ2v) is 8.48. The molecule has 1 aliphatic rings. The molecule has 0 spiro atoms. The highest BCUT2D eigenvalue weighted by molar-refractivity contribution is 5.99. The molecule has 1 aliphatic heterocycles. The second kappa shape index (κ2) is 9.89. The minimum absolute atomic E-state index is 0.0464. The number of carbonyl (C=O) groups excluding carboxylic acids is 2. The van der Waals surface area contributed by atoms with Gasteiger partial charge in [-0.3, -0.25) is 0 Å². The zero-order valence-electron chi connectivity index (χ0n) is 20.1. The average Bonchev–Trinajstić information content (AvgIpc) is 2.84. The van der Waals surface area contributed by atoms with Crippen molar-refractivity contribution in [1.29, 1.82) is 0 Å². The first-order valence-electron chi connectivity index (χ1n) is 11.2. The van der Waals surface area contributed by atoms with Crippen molar-refractivity contribution in [3.05, 3.63) is 99.9 Å². The minimum atomic E-state index is -0.519. The van der Waals surface area contributed by atoms with E-state index in [1.807, 2.05) is 67.5 Å². The summed E-state index contributed by atoms with van der Waals surface area (Å²) in [5.41, 5.74) is 4.15. The highest BCUT2D eigenvalue weighted by Gasteiger charge is 2.24. The fourth-order valence-corrected chi connectivity index (χ4v) is 3.84. The maximum atomic E-state index is 13.1. The predicted octanol–water partition coefficient (Wildman–Crippen LogP) is 3.79. The number of ether oxygens (including phenoxy) is 3. The van der Waals surface area contributed by atoms with Gasteiger partial charge in [-0.2, -0.15) is 0 Å². The summed E-state index contributed by atoms with van der Waals surface area (Å²) >= 11 is 0. The molecule has 0 atom stereocenters. The van der Waals surface area contributed by atoms with Gasteiger partial charge in [0, 0.05) is 47.8 Å². The summed E-state index contributed by atoms with van der Waals surface area (Å²) in [7, 11) is 3.94. The molecule has 0 fully saturated rings. The van der Waals surface area contributed by atoms with Crippen LogP contribution < -0.4 is 20.1 Å². The number of nitrogens with zero attached hydrogens (tertiary/aromatic N) is 1. The number of fused-ring (bicyclic) bond motifs is 2. The smallest absolute Gasteiger partial charge is 0.338 e. The number of carbonyl (C=O) groups is 2. The molecule has 0 N–H and O–H groups in total. The van der Waals surface area contributed by atoms with Crippen LogP contribution in [0.2, 0.25) is 0 Å². The van der Waals surface area contributed by atoms with E-state index in [0.717, 1.165) is 32.8 Å². The summed E-state index contributed by atoms with van der Waals surface area (Å²) in [6.45, 7) is 9.01. The summed E-state index contributed by atoms with van der Waals surface area (Å²) in [5, 5.41) is 1.69. The molecule has 3 aromatic rings. The molecule has 0 amide bonds. The topological polar surface area (TPSA) is 65.1 Å². The largest absolute Gasteiger partial charge is 0.459 e. The number of esters is 2. The molecule has 6 heteroatoms. The SMILES string of the molecule is C=C(C)C(=O)OCCOC(=O)c1ccccc1C1=c2ccc(=C)cc2Oc2cc(N(C)C)ccc21. The Hall–Kier alpha value is -4.32. The number of rotatable bonds is 7. The summed E-state index contributed by atoms with van der Waals surface area (Å²) in [4.78, 5) is 26.6. The first-order chi connectivity index (χ1) is 16.8. The summed E-state index contributed by atoms with van der Waals surface area (Å²) in [5.74, 6) is 0.340. The third-order valence-corrected chi connectivity index (χ3v) is 5.60. The van der Waals surface area contributed by atoms with Crippen molar-refractivity contribution < 1.29 is 23.8 Å². The third kappa shape index (κ3) is 4.96. The van der Waals surface area contributed by atoms with Gasteiger partial charge >= 0.3 is 11.9 Å². The first kappa shape index (κ1) is 23.8. The lowest BCUT2D eigenvalue weighted by molar-refractivity contribution is -0.140. The zero-order valence-corrected chi connectivity index (χ0v) is 20.1. The van der Waals surface area contributed by atoms with Gasteiger partial charge in [0.2, 0.25) is 0 Å². The van der Waals surface area contributed by atoms with Crippen LogP contribution in [0.5, 0.6) is 11.5 Å². The fraction of sp³-hybridized carbons (Fsp3) is 0.172. The molecule has 0 unspecified atom stereocenters. The number of hydrogen-bond donors (Lipinski definition) is 0. The molecule has 0 aliphatic carbocycles. The van der Waals surface area contributed by atoms with Crippen LogP contribution in [0, 0.1) is 0 Å². The van der Waals surface area contributed by atoms with Crippen molar-refractivity contribution in [3.8, 4) is 11.5 Å². The second-order valence-electron chi connectivity index (χ2n) is 8.48. The van der Waals surface area contributed by atoms with E-state index < -0.39 is 11.9 Å². The highest BCUT2D eigenvalue weighted by atomic mass is 16.6. The van der Waals surface area contributed by atoms with E-state index in [1.165, 1.54) is 0 Å². The van der Waals surface area contributed by atoms with Crippen molar-refractivity contribution in [2.45, 2.75) is 6.92 Å². The zero-order chi connectivity index (χ0) is 25.1. The van der Waals surface area contributed by atoms with Crippen LogP contribution in [-0.4, -0.2) is 39.2 Å². The lowest BCUT2D eigenvalue weighted by atomic mass is 9.89. The van der Waals surface area contributed by atoms with Gasteiger partial charge < -0.3 is 19.1 Å². The predicted molar refractivity (Wildman–Crippen MR) is 136 cm³/mol. The molecule has 178 valence electrons. The maximum Gasteiger partial charge on any atom is 0.338 e. The molecule has 0 saturated carbocycles. The van der Waals surface area contributed by atoms with Crippen molar-refractivity contribution >= 4 is 29.8 Å². The average molecular weight is 470 g/mol. The van der Waals surface area contributed by atoms with Gasteiger partial charge in [-0.25, -0.2) is 9.59 Å². The molecule has 0 aromatic heterocycles. The van der Waals surface area contributed by atoms with E-state index in [0.29, 0.717) is 17.1 Å². The van der Waals surface area contributed by atoms with Crippen LogP contribution in [0.1, 0.15) is 28.4 Å². The van der Waals surface area contributed by atoms with E-state index in [2.05, 4.69) is 13.2 Å². The third-order valence-electron chi connectivity index (χ3n) is 5.60. The maximum absolute atomic E-state index is 13.1. The number of hydrogen-bond acceptors (Lipinski definition) is 6. The van der Waals surface area contributed by atoms with E-state index in [9.17, 15) is 9.59 Å². The molecule has 0 radical (unpaired) electrons. The molecule has 0 bridgehead atoms. The first-order valence-corrected chi connectivity index (χ1v) is 11.2. The number of benzene rings is 3. The van der Waals surface area contributed by atoms with Crippen LogP contribution in [-0.2, 0) is 14.3 Å². The van der Waals surface area contributed by atoms with E-state index in [1.54, 1.807) is 19.1 Å². The Morgan fingerprint density at radius 3 is 2.40 bits per heavy atom.